The first-order chi connectivity index (χ1) is 28.3. The second-order valence-electron chi connectivity index (χ2n) is 17.1. The van der Waals surface area contributed by atoms with Gasteiger partial charge in [0.25, 0.3) is 0 Å². The van der Waals surface area contributed by atoms with E-state index in [0.29, 0.717) is 33.5 Å². The van der Waals surface area contributed by atoms with Crippen molar-refractivity contribution in [2.24, 2.45) is 0 Å². The van der Waals surface area contributed by atoms with Crippen molar-refractivity contribution >= 4 is 72.4 Å². The van der Waals surface area contributed by atoms with Crippen LogP contribution in [0.1, 0.15) is 31.9 Å². The molecule has 0 saturated carbocycles. The van der Waals surface area contributed by atoms with Crippen molar-refractivity contribution in [3.8, 4) is 28.3 Å². The van der Waals surface area contributed by atoms with Crippen molar-refractivity contribution in [1.82, 2.24) is 19.5 Å². The number of fused-ring (bicyclic) bond motifs is 7. The molecule has 0 unspecified atom stereocenters. The molecule has 0 atom stereocenters. The Labute approximate surface area is 364 Å². The van der Waals surface area contributed by atoms with Crippen LogP contribution in [0.15, 0.2) is 132 Å². The van der Waals surface area contributed by atoms with Gasteiger partial charge in [0.1, 0.15) is 5.82 Å². The Morgan fingerprint density at radius 2 is 1.50 bits per heavy atom. The van der Waals surface area contributed by atoms with Gasteiger partial charge in [-0.25, -0.2) is 9.37 Å². The summed E-state index contributed by atoms with van der Waals surface area (Å²) in [5.74, 6) is 7.09. The number of halogens is 2. The van der Waals surface area contributed by atoms with Crippen LogP contribution in [-0.2, 0) is 25.5 Å². The molecule has 4 aromatic heterocycles. The Kier molecular flexibility index (Phi) is 10.9. The van der Waals surface area contributed by atoms with Crippen LogP contribution in [0, 0.1) is 30.7 Å². The van der Waals surface area contributed by atoms with Gasteiger partial charge in [0.2, 0.25) is 5.71 Å². The SMILES string of the molecule is Cc1c[c-]c(-c2nc3c4ccccc4ccc3n2-c2ccc(C(C)(C)C)cc2)c2oc3nc4cccc(F)c4cc3c12.[CH3][Ge]([CH3])([CH3])[c]1ccc(-c2[c-]cccc2F)nc1.[Ir]. The molecule has 0 aliphatic heterocycles. The van der Waals surface area contributed by atoms with E-state index in [1.807, 2.05) is 43.5 Å². The van der Waals surface area contributed by atoms with Crippen LogP contribution in [-0.4, -0.2) is 32.8 Å². The molecule has 0 amide bonds. The summed E-state index contributed by atoms with van der Waals surface area (Å²) in [6.07, 6.45) is 1.88. The summed E-state index contributed by atoms with van der Waals surface area (Å²) in [4.78, 5) is 14.3. The average Bonchev–Trinajstić information content (AvgIpc) is 3.80. The monoisotopic (exact) mass is 1030 g/mol. The molecule has 10 aromatic rings. The molecule has 0 aliphatic carbocycles. The van der Waals surface area contributed by atoms with Crippen LogP contribution in [0.25, 0.3) is 83.1 Å². The Morgan fingerprint density at radius 3 is 2.22 bits per heavy atom. The van der Waals surface area contributed by atoms with Crippen LogP contribution >= 0.6 is 0 Å². The molecule has 301 valence electrons. The van der Waals surface area contributed by atoms with E-state index in [1.54, 1.807) is 24.3 Å². The van der Waals surface area contributed by atoms with Gasteiger partial charge >= 0.3 is 104 Å². The molecule has 1 radical (unpaired) electrons. The van der Waals surface area contributed by atoms with Crippen LogP contribution in [0.3, 0.4) is 0 Å². The van der Waals surface area contributed by atoms with E-state index in [1.165, 1.54) is 22.1 Å². The van der Waals surface area contributed by atoms with Crippen LogP contribution in [0.5, 0.6) is 0 Å². The summed E-state index contributed by atoms with van der Waals surface area (Å²) in [5, 5.41) is 4.35. The van der Waals surface area contributed by atoms with E-state index < -0.39 is 13.3 Å². The zero-order valence-corrected chi connectivity index (χ0v) is 38.9. The molecule has 60 heavy (non-hydrogen) atoms. The van der Waals surface area contributed by atoms with Gasteiger partial charge in [-0.15, -0.1) is 17.7 Å². The first-order valence-electron chi connectivity index (χ1n) is 19.7. The maximum atomic E-state index is 14.8. The molecule has 0 fully saturated rings. The minimum Gasteiger partial charge on any atom is 0 e. The van der Waals surface area contributed by atoms with Gasteiger partial charge in [-0.2, -0.15) is 0 Å². The van der Waals surface area contributed by atoms with E-state index in [4.69, 9.17) is 14.4 Å². The van der Waals surface area contributed by atoms with E-state index in [2.05, 4.69) is 114 Å². The quantitative estimate of drug-likeness (QED) is 0.130. The van der Waals surface area contributed by atoms with E-state index in [-0.39, 0.29) is 37.2 Å². The van der Waals surface area contributed by atoms with E-state index >= 15 is 0 Å². The number of imidazole rings is 1. The summed E-state index contributed by atoms with van der Waals surface area (Å²) in [5.41, 5.74) is 8.68. The molecule has 4 heterocycles. The first kappa shape index (κ1) is 41.2. The third-order valence-corrected chi connectivity index (χ3v) is 15.2. The fourth-order valence-electron chi connectivity index (χ4n) is 7.67. The molecular weight excluding hydrogens is 987 g/mol. The number of benzene rings is 6. The smallest absolute Gasteiger partial charge is 0 e. The number of aryl methyl sites for hydroxylation is 1. The number of furan rings is 1. The van der Waals surface area contributed by atoms with Crippen molar-refractivity contribution in [3.05, 3.63) is 162 Å². The number of nitrogens with zero attached hydrogens (tertiary/aromatic N) is 4. The van der Waals surface area contributed by atoms with Crippen LogP contribution in [0.2, 0.25) is 17.3 Å². The van der Waals surface area contributed by atoms with Gasteiger partial charge in [0, 0.05) is 42.0 Å². The predicted molar refractivity (Wildman–Crippen MR) is 240 cm³/mol. The number of hydrogen-bond donors (Lipinski definition) is 0. The maximum Gasteiger partial charge on any atom is 0 e. The Hall–Kier alpha value is -5.54. The van der Waals surface area contributed by atoms with Gasteiger partial charge < -0.3 is 8.98 Å². The second kappa shape index (κ2) is 15.8. The molecule has 5 nitrogen and oxygen atoms in total. The predicted octanol–water partition coefficient (Wildman–Crippen LogP) is 13.1. The van der Waals surface area contributed by atoms with Crippen LogP contribution < -0.4 is 4.40 Å². The number of aromatic nitrogens is 4. The normalized spacial score (nSPS) is 11.9. The van der Waals surface area contributed by atoms with E-state index in [0.717, 1.165) is 55.2 Å². The van der Waals surface area contributed by atoms with Crippen molar-refractivity contribution < 1.29 is 33.3 Å². The Morgan fingerprint density at radius 1 is 0.733 bits per heavy atom. The summed E-state index contributed by atoms with van der Waals surface area (Å²) in [6.45, 7) is 8.67. The maximum absolute atomic E-state index is 14.8. The zero-order chi connectivity index (χ0) is 41.2. The first-order valence-corrected chi connectivity index (χ1v) is 27.1. The third kappa shape index (κ3) is 7.46. The number of pyridine rings is 2. The number of hydrogen-bond acceptors (Lipinski definition) is 4. The van der Waals surface area contributed by atoms with Gasteiger partial charge in [-0.05, 0) is 52.8 Å². The molecule has 0 aliphatic rings. The van der Waals surface area contributed by atoms with Gasteiger partial charge in [0.15, 0.2) is 0 Å². The fraction of sp³-hybridized carbons (Fsp3) is 0.157. The minimum atomic E-state index is -1.83. The summed E-state index contributed by atoms with van der Waals surface area (Å²) < 4.78 is 38.3. The van der Waals surface area contributed by atoms with Crippen molar-refractivity contribution in [2.75, 3.05) is 0 Å². The standard InChI is InChI=1S/C37H27FN3O.C14H15FGeN.Ir/c1-21-12-18-26(34-32(21)28-20-27-29(38)10-7-11-30(27)39-36(28)42-34)35-40-33-25-9-6-5-8-22(25)13-19-31(33)41(35)24-16-14-23(15-17-24)37(2,3)4;1-16(2,3)11-8-9-14(17-10-11)12-6-4-5-7-13(12)15;/h5-17,19-20H,1-4H3;4-5,7-10H,1-3H3;/q2*-1;. The molecule has 0 saturated heterocycles. The molecule has 0 N–H and O–H groups in total. The molecule has 6 aromatic carbocycles. The molecule has 10 rings (SSSR count). The molecule has 9 heteroatoms. The van der Waals surface area contributed by atoms with E-state index in [9.17, 15) is 8.78 Å². The molecular formula is C51H42F2GeIrN4O-2. The Bertz CT molecular complexity index is 3220. The molecule has 0 bridgehead atoms. The molecule has 0 spiro atoms. The average molecular weight is 1030 g/mol. The van der Waals surface area contributed by atoms with Crippen molar-refractivity contribution in [2.45, 2.75) is 50.4 Å². The summed E-state index contributed by atoms with van der Waals surface area (Å²) in [6, 6.07) is 45.1. The van der Waals surface area contributed by atoms with Gasteiger partial charge in [0.05, 0.1) is 28.0 Å². The van der Waals surface area contributed by atoms with Gasteiger partial charge in [-0.1, -0.05) is 87.2 Å². The topological polar surface area (TPSA) is 56.7 Å². The Balaban J connectivity index is 0.000000234. The summed E-state index contributed by atoms with van der Waals surface area (Å²) >= 11 is -1.83. The minimum absolute atomic E-state index is 0. The fourth-order valence-corrected chi connectivity index (χ4v) is 9.84. The largest absolute Gasteiger partial charge is 0 e. The second-order valence-corrected chi connectivity index (χ2v) is 27.8. The van der Waals surface area contributed by atoms with Gasteiger partial charge in [-0.3, -0.25) is 4.98 Å². The zero-order valence-electron chi connectivity index (χ0n) is 34.4. The third-order valence-electron chi connectivity index (χ3n) is 11.0. The number of rotatable bonds is 4. The summed E-state index contributed by atoms with van der Waals surface area (Å²) in [7, 11) is 0. The van der Waals surface area contributed by atoms with Crippen molar-refractivity contribution in [3.63, 3.8) is 0 Å². The van der Waals surface area contributed by atoms with Crippen molar-refractivity contribution in [1.29, 1.82) is 0 Å². The van der Waals surface area contributed by atoms with Crippen LogP contribution in [0.4, 0.5) is 8.78 Å².